The molecule has 20 heavy (non-hydrogen) atoms. The lowest BCUT2D eigenvalue weighted by Crippen LogP contribution is -2.05. The Bertz CT molecular complexity index is 584. The van der Waals surface area contributed by atoms with E-state index in [0.29, 0.717) is 17.9 Å². The van der Waals surface area contributed by atoms with E-state index in [1.165, 1.54) is 0 Å². The summed E-state index contributed by atoms with van der Waals surface area (Å²) >= 11 is 3.49. The van der Waals surface area contributed by atoms with Crippen molar-refractivity contribution in [1.29, 1.82) is 0 Å². The van der Waals surface area contributed by atoms with Crippen molar-refractivity contribution in [3.8, 4) is 11.5 Å². The zero-order valence-electron chi connectivity index (χ0n) is 11.5. The molecule has 3 nitrogen and oxygen atoms in total. The van der Waals surface area contributed by atoms with Crippen molar-refractivity contribution in [3.05, 3.63) is 58.1 Å². The van der Waals surface area contributed by atoms with Crippen LogP contribution in [0.1, 0.15) is 17.2 Å². The van der Waals surface area contributed by atoms with Gasteiger partial charge in [-0.25, -0.2) is 0 Å². The number of aliphatic hydroxyl groups excluding tert-OH is 1. The number of benzene rings is 2. The molecule has 0 radical (unpaired) electrons. The first-order valence-electron chi connectivity index (χ1n) is 6.29. The van der Waals surface area contributed by atoms with E-state index in [9.17, 15) is 5.11 Å². The first kappa shape index (κ1) is 14.9. The number of rotatable bonds is 5. The van der Waals surface area contributed by atoms with Crippen molar-refractivity contribution in [2.45, 2.75) is 12.5 Å². The van der Waals surface area contributed by atoms with E-state index in [1.807, 2.05) is 42.5 Å². The van der Waals surface area contributed by atoms with Crippen molar-refractivity contribution < 1.29 is 14.6 Å². The van der Waals surface area contributed by atoms with E-state index in [4.69, 9.17) is 9.47 Å². The standard InChI is InChI=1S/C16H17BrO3/c1-19-15-9-5-7-12(16(15)20-2)14(18)10-11-6-3-4-8-13(11)17/h3-9,14,18H,10H2,1-2H3. The van der Waals surface area contributed by atoms with E-state index < -0.39 is 6.10 Å². The van der Waals surface area contributed by atoms with E-state index >= 15 is 0 Å². The van der Waals surface area contributed by atoms with Gasteiger partial charge in [-0.1, -0.05) is 46.3 Å². The minimum absolute atomic E-state index is 0.505. The molecular formula is C16H17BrO3. The van der Waals surface area contributed by atoms with Crippen LogP contribution in [0.4, 0.5) is 0 Å². The van der Waals surface area contributed by atoms with Crippen molar-refractivity contribution in [3.63, 3.8) is 0 Å². The molecule has 0 aromatic heterocycles. The summed E-state index contributed by atoms with van der Waals surface area (Å²) in [5.41, 5.74) is 1.77. The van der Waals surface area contributed by atoms with Crippen LogP contribution in [0.15, 0.2) is 46.9 Å². The van der Waals surface area contributed by atoms with Gasteiger partial charge in [0.05, 0.1) is 20.3 Å². The molecule has 0 amide bonds. The van der Waals surface area contributed by atoms with Crippen LogP contribution in [-0.2, 0) is 6.42 Å². The van der Waals surface area contributed by atoms with E-state index in [2.05, 4.69) is 15.9 Å². The zero-order chi connectivity index (χ0) is 14.5. The molecule has 0 saturated carbocycles. The van der Waals surface area contributed by atoms with E-state index in [-0.39, 0.29) is 0 Å². The minimum Gasteiger partial charge on any atom is -0.493 e. The molecule has 1 N–H and O–H groups in total. The molecule has 0 fully saturated rings. The molecule has 2 rings (SSSR count). The highest BCUT2D eigenvalue weighted by atomic mass is 79.9. The molecule has 1 atom stereocenters. The molecule has 0 bridgehead atoms. The van der Waals surface area contributed by atoms with Crippen LogP contribution >= 0.6 is 15.9 Å². The Morgan fingerprint density at radius 3 is 2.45 bits per heavy atom. The maximum absolute atomic E-state index is 10.5. The smallest absolute Gasteiger partial charge is 0.166 e. The third kappa shape index (κ3) is 3.14. The molecule has 0 aliphatic rings. The molecule has 0 spiro atoms. The Morgan fingerprint density at radius 2 is 1.80 bits per heavy atom. The highest BCUT2D eigenvalue weighted by Gasteiger charge is 2.18. The Labute approximate surface area is 127 Å². The van der Waals surface area contributed by atoms with Gasteiger partial charge in [0.2, 0.25) is 0 Å². The van der Waals surface area contributed by atoms with Gasteiger partial charge in [-0.05, 0) is 17.7 Å². The van der Waals surface area contributed by atoms with Crippen LogP contribution in [0.5, 0.6) is 11.5 Å². The Balaban J connectivity index is 2.30. The lowest BCUT2D eigenvalue weighted by molar-refractivity contribution is 0.172. The zero-order valence-corrected chi connectivity index (χ0v) is 13.1. The van der Waals surface area contributed by atoms with Crippen molar-refractivity contribution >= 4 is 15.9 Å². The van der Waals surface area contributed by atoms with Gasteiger partial charge in [0, 0.05) is 16.5 Å². The predicted molar refractivity (Wildman–Crippen MR) is 82.4 cm³/mol. The van der Waals surface area contributed by atoms with Gasteiger partial charge in [0.15, 0.2) is 11.5 Å². The fourth-order valence-electron chi connectivity index (χ4n) is 2.16. The first-order valence-corrected chi connectivity index (χ1v) is 7.09. The highest BCUT2D eigenvalue weighted by Crippen LogP contribution is 2.36. The van der Waals surface area contributed by atoms with Crippen LogP contribution < -0.4 is 9.47 Å². The lowest BCUT2D eigenvalue weighted by Gasteiger charge is -2.17. The average Bonchev–Trinajstić information content (AvgIpc) is 2.48. The molecule has 4 heteroatoms. The second-order valence-corrected chi connectivity index (χ2v) is 5.25. The molecule has 0 aliphatic heterocycles. The maximum atomic E-state index is 10.5. The summed E-state index contributed by atoms with van der Waals surface area (Å²) in [5, 5.41) is 10.5. The molecule has 0 heterocycles. The van der Waals surface area contributed by atoms with Gasteiger partial charge in [-0.15, -0.1) is 0 Å². The average molecular weight is 337 g/mol. The number of hydrogen-bond acceptors (Lipinski definition) is 3. The van der Waals surface area contributed by atoms with Crippen molar-refractivity contribution in [2.24, 2.45) is 0 Å². The highest BCUT2D eigenvalue weighted by molar-refractivity contribution is 9.10. The van der Waals surface area contributed by atoms with Crippen molar-refractivity contribution in [1.82, 2.24) is 0 Å². The molecule has 1 unspecified atom stereocenters. The number of aliphatic hydroxyl groups is 1. The molecule has 2 aromatic carbocycles. The van der Waals surface area contributed by atoms with Crippen LogP contribution in [0.3, 0.4) is 0 Å². The third-order valence-electron chi connectivity index (χ3n) is 3.16. The van der Waals surface area contributed by atoms with Gasteiger partial charge in [0.1, 0.15) is 0 Å². The summed E-state index contributed by atoms with van der Waals surface area (Å²) < 4.78 is 11.6. The molecular weight excluding hydrogens is 320 g/mol. The number of ether oxygens (including phenoxy) is 2. The number of halogens is 1. The van der Waals surface area contributed by atoms with E-state index in [0.717, 1.165) is 15.6 Å². The second-order valence-electron chi connectivity index (χ2n) is 4.39. The van der Waals surface area contributed by atoms with Crippen LogP contribution in [0, 0.1) is 0 Å². The molecule has 0 saturated heterocycles. The summed E-state index contributed by atoms with van der Waals surface area (Å²) in [7, 11) is 3.16. The van der Waals surface area contributed by atoms with Crippen LogP contribution in [0.2, 0.25) is 0 Å². The molecule has 106 valence electrons. The van der Waals surface area contributed by atoms with E-state index in [1.54, 1.807) is 14.2 Å². The number of hydrogen-bond donors (Lipinski definition) is 1. The fourth-order valence-corrected chi connectivity index (χ4v) is 2.60. The predicted octanol–water partition coefficient (Wildman–Crippen LogP) is 3.74. The molecule has 0 aliphatic carbocycles. The summed E-state index contributed by atoms with van der Waals surface area (Å²) in [6, 6.07) is 13.4. The lowest BCUT2D eigenvalue weighted by atomic mass is 10.0. The quantitative estimate of drug-likeness (QED) is 0.903. The van der Waals surface area contributed by atoms with Crippen LogP contribution in [0.25, 0.3) is 0 Å². The summed E-state index contributed by atoms with van der Waals surface area (Å²) in [6.07, 6.45) is -0.149. The number of para-hydroxylation sites is 1. The SMILES string of the molecule is COc1cccc(C(O)Cc2ccccc2Br)c1OC. The molecule has 2 aromatic rings. The number of methoxy groups -OCH3 is 2. The Morgan fingerprint density at radius 1 is 1.05 bits per heavy atom. The fraction of sp³-hybridized carbons (Fsp3) is 0.250. The van der Waals surface area contributed by atoms with Crippen LogP contribution in [-0.4, -0.2) is 19.3 Å². The van der Waals surface area contributed by atoms with Gasteiger partial charge in [0.25, 0.3) is 0 Å². The maximum Gasteiger partial charge on any atom is 0.166 e. The summed E-state index contributed by atoms with van der Waals surface area (Å²) in [5.74, 6) is 1.20. The normalized spacial score (nSPS) is 12.0. The largest absolute Gasteiger partial charge is 0.493 e. The second kappa shape index (κ2) is 6.77. The van der Waals surface area contributed by atoms with Gasteiger partial charge >= 0.3 is 0 Å². The topological polar surface area (TPSA) is 38.7 Å². The van der Waals surface area contributed by atoms with Crippen molar-refractivity contribution in [2.75, 3.05) is 14.2 Å². The van der Waals surface area contributed by atoms with Gasteiger partial charge < -0.3 is 14.6 Å². The first-order chi connectivity index (χ1) is 9.67. The summed E-state index contributed by atoms with van der Waals surface area (Å²) in [4.78, 5) is 0. The third-order valence-corrected chi connectivity index (χ3v) is 3.94. The Kier molecular flexibility index (Phi) is 5.04. The summed E-state index contributed by atoms with van der Waals surface area (Å²) in [6.45, 7) is 0. The Hall–Kier alpha value is -1.52. The minimum atomic E-state index is -0.654. The van der Waals surface area contributed by atoms with Gasteiger partial charge in [-0.2, -0.15) is 0 Å². The monoisotopic (exact) mass is 336 g/mol. The van der Waals surface area contributed by atoms with Gasteiger partial charge in [-0.3, -0.25) is 0 Å².